The highest BCUT2D eigenvalue weighted by Crippen LogP contribution is 2.37. The summed E-state index contributed by atoms with van der Waals surface area (Å²) in [5.74, 6) is 0.743. The Bertz CT molecular complexity index is 1130. The van der Waals surface area contributed by atoms with Gasteiger partial charge in [-0.25, -0.2) is 4.79 Å². The highest BCUT2D eigenvalue weighted by Gasteiger charge is 2.21. The van der Waals surface area contributed by atoms with E-state index in [-0.39, 0.29) is 5.63 Å². The van der Waals surface area contributed by atoms with Crippen molar-refractivity contribution >= 4 is 11.0 Å². The SMILES string of the molecule is C=CCOc1c(CN2CCOCC2)cc2c(-c3ccccc3)cc(=O)oc2c1CC=C. The minimum Gasteiger partial charge on any atom is -0.489 e. The minimum atomic E-state index is -0.382. The van der Waals surface area contributed by atoms with Crippen LogP contribution in [0.3, 0.4) is 0 Å². The zero-order valence-electron chi connectivity index (χ0n) is 17.6. The van der Waals surface area contributed by atoms with Crippen molar-refractivity contribution in [2.75, 3.05) is 32.9 Å². The average molecular weight is 418 g/mol. The van der Waals surface area contributed by atoms with Crippen molar-refractivity contribution < 1.29 is 13.9 Å². The minimum absolute atomic E-state index is 0.369. The van der Waals surface area contributed by atoms with Crippen LogP contribution in [-0.4, -0.2) is 37.8 Å². The van der Waals surface area contributed by atoms with Gasteiger partial charge in [-0.1, -0.05) is 49.1 Å². The standard InChI is InChI=1S/C26H27NO4/c1-3-8-21-25(30-13-4-2)20(18-27-11-14-29-15-12-27)16-23-22(17-24(28)31-26(21)23)19-9-6-5-7-10-19/h3-7,9-10,16-17H,1-2,8,11-15,18H2. The third-order valence-corrected chi connectivity index (χ3v) is 5.43. The molecule has 4 rings (SSSR count). The average Bonchev–Trinajstić information content (AvgIpc) is 2.80. The number of ether oxygens (including phenoxy) is 2. The molecule has 5 heteroatoms. The van der Waals surface area contributed by atoms with Gasteiger partial charge in [0.05, 0.1) is 13.2 Å². The molecule has 1 aromatic heterocycles. The van der Waals surface area contributed by atoms with Crippen molar-refractivity contribution in [2.24, 2.45) is 0 Å². The van der Waals surface area contributed by atoms with E-state index >= 15 is 0 Å². The van der Waals surface area contributed by atoms with E-state index in [2.05, 4.69) is 24.1 Å². The molecule has 2 aromatic carbocycles. The molecule has 1 saturated heterocycles. The Balaban J connectivity index is 1.96. The second-order valence-electron chi connectivity index (χ2n) is 7.55. The first-order chi connectivity index (χ1) is 15.2. The highest BCUT2D eigenvalue weighted by atomic mass is 16.5. The van der Waals surface area contributed by atoms with Gasteiger partial charge >= 0.3 is 5.63 Å². The van der Waals surface area contributed by atoms with Crippen molar-refractivity contribution in [1.82, 2.24) is 4.90 Å². The molecule has 0 atom stereocenters. The monoisotopic (exact) mass is 417 g/mol. The van der Waals surface area contributed by atoms with Gasteiger partial charge in [0.15, 0.2) is 0 Å². The quantitative estimate of drug-likeness (QED) is 0.396. The summed E-state index contributed by atoms with van der Waals surface area (Å²) >= 11 is 0. The molecule has 1 aliphatic heterocycles. The Hall–Kier alpha value is -3.15. The van der Waals surface area contributed by atoms with Gasteiger partial charge in [-0.3, -0.25) is 4.90 Å². The highest BCUT2D eigenvalue weighted by molar-refractivity contribution is 5.96. The van der Waals surface area contributed by atoms with E-state index in [0.29, 0.717) is 18.6 Å². The van der Waals surface area contributed by atoms with Crippen LogP contribution in [0.25, 0.3) is 22.1 Å². The fourth-order valence-corrected chi connectivity index (χ4v) is 4.03. The van der Waals surface area contributed by atoms with Crippen LogP contribution < -0.4 is 10.4 Å². The normalized spacial score (nSPS) is 14.5. The van der Waals surface area contributed by atoms with E-state index in [1.165, 1.54) is 0 Å². The summed E-state index contributed by atoms with van der Waals surface area (Å²) in [4.78, 5) is 14.8. The second kappa shape index (κ2) is 9.77. The molecule has 0 N–H and O–H groups in total. The third-order valence-electron chi connectivity index (χ3n) is 5.43. The fraction of sp³-hybridized carbons (Fsp3) is 0.269. The Labute approximate surface area is 182 Å². The molecule has 1 aliphatic rings. The van der Waals surface area contributed by atoms with Crippen molar-refractivity contribution in [3.8, 4) is 16.9 Å². The summed E-state index contributed by atoms with van der Waals surface area (Å²) in [5, 5.41) is 0.900. The smallest absolute Gasteiger partial charge is 0.336 e. The zero-order chi connectivity index (χ0) is 21.6. The molecule has 0 saturated carbocycles. The third kappa shape index (κ3) is 4.63. The molecular weight excluding hydrogens is 390 g/mol. The zero-order valence-corrected chi connectivity index (χ0v) is 17.6. The number of morpholine rings is 1. The lowest BCUT2D eigenvalue weighted by molar-refractivity contribution is 0.0338. The summed E-state index contributed by atoms with van der Waals surface area (Å²) in [5.41, 5.74) is 3.90. The van der Waals surface area contributed by atoms with Gasteiger partial charge in [0, 0.05) is 42.2 Å². The summed E-state index contributed by atoms with van der Waals surface area (Å²) in [6.45, 7) is 12.0. The van der Waals surface area contributed by atoms with E-state index in [9.17, 15) is 4.79 Å². The van der Waals surface area contributed by atoms with Gasteiger partial charge in [-0.05, 0) is 23.6 Å². The maximum Gasteiger partial charge on any atom is 0.336 e. The number of hydrogen-bond donors (Lipinski definition) is 0. The maximum atomic E-state index is 12.5. The summed E-state index contributed by atoms with van der Waals surface area (Å²) < 4.78 is 17.4. The number of fused-ring (bicyclic) bond motifs is 1. The van der Waals surface area contributed by atoms with Crippen LogP contribution >= 0.6 is 0 Å². The van der Waals surface area contributed by atoms with Gasteiger partial charge in [0.25, 0.3) is 0 Å². The van der Waals surface area contributed by atoms with Crippen LogP contribution in [0.5, 0.6) is 5.75 Å². The largest absolute Gasteiger partial charge is 0.489 e. The van der Waals surface area contributed by atoms with Crippen LogP contribution in [-0.2, 0) is 17.7 Å². The predicted octanol–water partition coefficient (Wildman–Crippen LogP) is 4.59. The van der Waals surface area contributed by atoms with Crippen LogP contribution in [0.4, 0.5) is 0 Å². The van der Waals surface area contributed by atoms with Crippen LogP contribution in [0.2, 0.25) is 0 Å². The van der Waals surface area contributed by atoms with Gasteiger partial charge < -0.3 is 13.9 Å². The van der Waals surface area contributed by atoms with Crippen LogP contribution in [0.15, 0.2) is 77.0 Å². The molecule has 5 nitrogen and oxygen atoms in total. The Morgan fingerprint density at radius 1 is 1.06 bits per heavy atom. The Morgan fingerprint density at radius 3 is 2.55 bits per heavy atom. The summed E-state index contributed by atoms with van der Waals surface area (Å²) in [6.07, 6.45) is 4.06. The fourth-order valence-electron chi connectivity index (χ4n) is 4.03. The number of hydrogen-bond acceptors (Lipinski definition) is 5. The molecule has 1 fully saturated rings. The first-order valence-electron chi connectivity index (χ1n) is 10.5. The molecule has 0 unspecified atom stereocenters. The van der Waals surface area contributed by atoms with Crippen LogP contribution in [0.1, 0.15) is 11.1 Å². The van der Waals surface area contributed by atoms with Gasteiger partial charge in [-0.2, -0.15) is 0 Å². The molecule has 31 heavy (non-hydrogen) atoms. The lowest BCUT2D eigenvalue weighted by atomic mass is 9.95. The van der Waals surface area contributed by atoms with E-state index in [1.807, 2.05) is 36.4 Å². The molecule has 2 heterocycles. The van der Waals surface area contributed by atoms with Crippen molar-refractivity contribution in [1.29, 1.82) is 0 Å². The van der Waals surface area contributed by atoms with E-state index < -0.39 is 0 Å². The lowest BCUT2D eigenvalue weighted by Crippen LogP contribution is -2.35. The summed E-state index contributed by atoms with van der Waals surface area (Å²) in [6, 6.07) is 13.6. The van der Waals surface area contributed by atoms with Crippen molar-refractivity contribution in [2.45, 2.75) is 13.0 Å². The Kier molecular flexibility index (Phi) is 6.65. The maximum absolute atomic E-state index is 12.5. The number of rotatable bonds is 8. The van der Waals surface area contributed by atoms with Gasteiger partial charge in [0.1, 0.15) is 17.9 Å². The van der Waals surface area contributed by atoms with Crippen LogP contribution in [0, 0.1) is 0 Å². The first kappa shape index (κ1) is 21.1. The first-order valence-corrected chi connectivity index (χ1v) is 10.5. The molecule has 0 radical (unpaired) electrons. The van der Waals surface area contributed by atoms with Crippen molar-refractivity contribution in [3.05, 3.63) is 89.3 Å². The molecule has 0 spiro atoms. The molecule has 160 valence electrons. The molecular formula is C26H27NO4. The molecule has 0 aliphatic carbocycles. The topological polar surface area (TPSA) is 51.9 Å². The number of benzene rings is 2. The van der Waals surface area contributed by atoms with Gasteiger partial charge in [-0.15, -0.1) is 6.58 Å². The molecule has 0 amide bonds. The molecule has 0 bridgehead atoms. The molecule has 3 aromatic rings. The van der Waals surface area contributed by atoms with Gasteiger partial charge in [0.2, 0.25) is 0 Å². The lowest BCUT2D eigenvalue weighted by Gasteiger charge is -2.28. The predicted molar refractivity (Wildman–Crippen MR) is 124 cm³/mol. The van der Waals surface area contributed by atoms with Crippen molar-refractivity contribution in [3.63, 3.8) is 0 Å². The van der Waals surface area contributed by atoms with E-state index in [0.717, 1.165) is 66.2 Å². The Morgan fingerprint density at radius 2 is 1.84 bits per heavy atom. The number of nitrogens with zero attached hydrogens (tertiary/aromatic N) is 1. The van der Waals surface area contributed by atoms with E-state index in [4.69, 9.17) is 13.9 Å². The number of allylic oxidation sites excluding steroid dienone is 1. The second-order valence-corrected chi connectivity index (χ2v) is 7.55. The van der Waals surface area contributed by atoms with E-state index in [1.54, 1.807) is 12.1 Å². The summed E-state index contributed by atoms with van der Waals surface area (Å²) in [7, 11) is 0.